The Balaban J connectivity index is 1.89. The van der Waals surface area contributed by atoms with Crippen LogP contribution >= 0.6 is 27.3 Å². The summed E-state index contributed by atoms with van der Waals surface area (Å²) in [7, 11) is 1.49. The molecule has 148 valence electrons. The lowest BCUT2D eigenvalue weighted by Crippen LogP contribution is -1.93. The minimum Gasteiger partial charge on any atom is -0.503 e. The Morgan fingerprint density at radius 1 is 1.31 bits per heavy atom. The van der Waals surface area contributed by atoms with Crippen molar-refractivity contribution in [3.63, 3.8) is 0 Å². The van der Waals surface area contributed by atoms with Crippen molar-refractivity contribution in [2.75, 3.05) is 7.11 Å². The van der Waals surface area contributed by atoms with Crippen LogP contribution in [0.25, 0.3) is 22.9 Å². The number of allylic oxidation sites excluding steroid dienone is 1. The van der Waals surface area contributed by atoms with Crippen LogP contribution in [0.5, 0.6) is 11.5 Å². The quantitative estimate of drug-likeness (QED) is 0.416. The van der Waals surface area contributed by atoms with Crippen molar-refractivity contribution in [1.82, 2.24) is 4.98 Å². The van der Waals surface area contributed by atoms with E-state index in [-0.39, 0.29) is 5.75 Å². The van der Waals surface area contributed by atoms with Crippen molar-refractivity contribution in [1.29, 1.82) is 5.26 Å². The summed E-state index contributed by atoms with van der Waals surface area (Å²) in [6.07, 6.45) is 2.79. The number of aromatic hydroxyl groups is 1. The summed E-state index contributed by atoms with van der Waals surface area (Å²) in [6.45, 7) is 4.41. The summed E-state index contributed by atoms with van der Waals surface area (Å²) in [5.41, 5.74) is 4.39. The number of hydrogen-bond acceptors (Lipinski definition) is 5. The monoisotopic (exact) mass is 468 g/mol. The molecule has 0 atom stereocenters. The van der Waals surface area contributed by atoms with Crippen LogP contribution in [-0.4, -0.2) is 17.2 Å². The van der Waals surface area contributed by atoms with E-state index in [1.54, 1.807) is 18.2 Å². The van der Waals surface area contributed by atoms with Crippen LogP contribution in [0.3, 0.4) is 0 Å². The molecule has 1 N–H and O–H groups in total. The normalized spacial score (nSPS) is 11.5. The summed E-state index contributed by atoms with van der Waals surface area (Å²) in [6, 6.07) is 14.1. The number of rotatable bonds is 6. The highest BCUT2D eigenvalue weighted by Crippen LogP contribution is 2.36. The van der Waals surface area contributed by atoms with Crippen molar-refractivity contribution >= 4 is 38.9 Å². The molecule has 4 nitrogen and oxygen atoms in total. The maximum absolute atomic E-state index is 9.96. The van der Waals surface area contributed by atoms with Crippen LogP contribution in [0.1, 0.15) is 30.0 Å². The van der Waals surface area contributed by atoms with E-state index in [1.807, 2.05) is 5.38 Å². The van der Waals surface area contributed by atoms with E-state index in [1.165, 1.54) is 24.0 Å². The number of phenolic OH excluding ortho intramolecular Hbond substituents is 1. The van der Waals surface area contributed by atoms with E-state index in [0.717, 1.165) is 23.2 Å². The number of phenols is 1. The number of nitriles is 1. The summed E-state index contributed by atoms with van der Waals surface area (Å²) in [5, 5.41) is 22.2. The largest absolute Gasteiger partial charge is 0.503 e. The van der Waals surface area contributed by atoms with Gasteiger partial charge in [-0.25, -0.2) is 4.98 Å². The predicted molar refractivity (Wildman–Crippen MR) is 122 cm³/mol. The molecule has 0 spiro atoms. The van der Waals surface area contributed by atoms with Crippen molar-refractivity contribution in [3.8, 4) is 28.8 Å². The molecule has 0 aliphatic heterocycles. The lowest BCUT2D eigenvalue weighted by atomic mass is 10.0. The minimum absolute atomic E-state index is 0.0283. The standard InChI is InChI=1S/C23H21BrN2O2S/c1-14(2)8-15-4-6-17(7-5-15)20-13-29-23(26-20)18(12-25)9-16-10-19(24)22(27)21(11-16)28-3/h4-7,9-11,13-14,27H,8H2,1-3H3/b18-9-. The van der Waals surface area contributed by atoms with E-state index in [9.17, 15) is 10.4 Å². The fourth-order valence-corrected chi connectivity index (χ4v) is 4.21. The molecule has 6 heteroatoms. The Hall–Kier alpha value is -2.62. The van der Waals surface area contributed by atoms with Gasteiger partial charge in [-0.05, 0) is 57.6 Å². The zero-order chi connectivity index (χ0) is 21.0. The van der Waals surface area contributed by atoms with Gasteiger partial charge in [-0.2, -0.15) is 5.26 Å². The molecule has 3 aromatic rings. The topological polar surface area (TPSA) is 66.1 Å². The van der Waals surface area contributed by atoms with Crippen molar-refractivity contribution in [3.05, 3.63) is 62.4 Å². The van der Waals surface area contributed by atoms with Gasteiger partial charge < -0.3 is 9.84 Å². The molecule has 0 bridgehead atoms. The van der Waals surface area contributed by atoms with Crippen LogP contribution in [0.4, 0.5) is 0 Å². The maximum Gasteiger partial charge on any atom is 0.172 e. The third kappa shape index (κ3) is 5.06. The number of methoxy groups -OCH3 is 1. The van der Waals surface area contributed by atoms with Gasteiger partial charge in [0, 0.05) is 10.9 Å². The van der Waals surface area contributed by atoms with Gasteiger partial charge in [0.15, 0.2) is 11.5 Å². The Morgan fingerprint density at radius 2 is 2.03 bits per heavy atom. The Morgan fingerprint density at radius 3 is 2.66 bits per heavy atom. The van der Waals surface area contributed by atoms with Gasteiger partial charge in [-0.1, -0.05) is 38.1 Å². The molecule has 0 unspecified atom stereocenters. The molecule has 0 radical (unpaired) electrons. The van der Waals surface area contributed by atoms with Gasteiger partial charge in [0.1, 0.15) is 11.1 Å². The Kier molecular flexibility index (Phi) is 6.73. The minimum atomic E-state index is 0.0283. The summed E-state index contributed by atoms with van der Waals surface area (Å²) >= 11 is 4.74. The first kappa shape index (κ1) is 21.1. The summed E-state index contributed by atoms with van der Waals surface area (Å²) < 4.78 is 5.68. The van der Waals surface area contributed by atoms with E-state index in [0.29, 0.717) is 26.7 Å². The number of halogens is 1. The molecular weight excluding hydrogens is 448 g/mol. The number of aromatic nitrogens is 1. The summed E-state index contributed by atoms with van der Waals surface area (Å²) in [5.74, 6) is 0.985. The van der Waals surface area contributed by atoms with Crippen LogP contribution in [-0.2, 0) is 6.42 Å². The lowest BCUT2D eigenvalue weighted by molar-refractivity contribution is 0.372. The Bertz CT molecular complexity index is 1080. The molecule has 0 aliphatic carbocycles. The highest BCUT2D eigenvalue weighted by molar-refractivity contribution is 9.10. The molecule has 2 aromatic carbocycles. The molecule has 3 rings (SSSR count). The number of hydrogen-bond donors (Lipinski definition) is 1. The average Bonchev–Trinajstić information content (AvgIpc) is 3.18. The molecule has 29 heavy (non-hydrogen) atoms. The van der Waals surface area contributed by atoms with E-state index in [4.69, 9.17) is 4.74 Å². The summed E-state index contributed by atoms with van der Waals surface area (Å²) in [4.78, 5) is 4.66. The average molecular weight is 469 g/mol. The fourth-order valence-electron chi connectivity index (χ4n) is 2.95. The van der Waals surface area contributed by atoms with Gasteiger partial charge in [0.25, 0.3) is 0 Å². The molecule has 0 saturated heterocycles. The second kappa shape index (κ2) is 9.25. The second-order valence-electron chi connectivity index (χ2n) is 7.06. The molecule has 0 saturated carbocycles. The van der Waals surface area contributed by atoms with Gasteiger partial charge in [-0.15, -0.1) is 11.3 Å². The van der Waals surface area contributed by atoms with Gasteiger partial charge >= 0.3 is 0 Å². The molecule has 0 amide bonds. The first-order valence-corrected chi connectivity index (χ1v) is 10.8. The highest BCUT2D eigenvalue weighted by atomic mass is 79.9. The number of nitrogens with zero attached hydrogens (tertiary/aromatic N) is 2. The fraction of sp³-hybridized carbons (Fsp3) is 0.217. The van der Waals surface area contributed by atoms with E-state index in [2.05, 4.69) is 65.1 Å². The van der Waals surface area contributed by atoms with Crippen LogP contribution in [0.15, 0.2) is 46.3 Å². The van der Waals surface area contributed by atoms with Crippen LogP contribution in [0, 0.1) is 17.2 Å². The number of benzene rings is 2. The number of thiazole rings is 1. The van der Waals surface area contributed by atoms with E-state index < -0.39 is 0 Å². The maximum atomic E-state index is 9.96. The molecule has 1 heterocycles. The molecule has 0 fully saturated rings. The van der Waals surface area contributed by atoms with Crippen LogP contribution in [0.2, 0.25) is 0 Å². The first-order valence-electron chi connectivity index (χ1n) is 9.14. The number of ether oxygens (including phenoxy) is 1. The SMILES string of the molecule is COc1cc(/C=C(/C#N)c2nc(-c3ccc(CC(C)C)cc3)cs2)cc(Br)c1O. The first-order chi connectivity index (χ1) is 13.9. The van der Waals surface area contributed by atoms with Crippen molar-refractivity contribution in [2.24, 2.45) is 5.92 Å². The third-order valence-electron chi connectivity index (χ3n) is 4.33. The highest BCUT2D eigenvalue weighted by Gasteiger charge is 2.12. The van der Waals surface area contributed by atoms with Gasteiger partial charge in [0.05, 0.1) is 22.8 Å². The van der Waals surface area contributed by atoms with Crippen LogP contribution < -0.4 is 4.74 Å². The van der Waals surface area contributed by atoms with Gasteiger partial charge in [0.2, 0.25) is 0 Å². The lowest BCUT2D eigenvalue weighted by Gasteiger charge is -2.06. The zero-order valence-electron chi connectivity index (χ0n) is 16.4. The van der Waals surface area contributed by atoms with Crippen molar-refractivity contribution < 1.29 is 9.84 Å². The van der Waals surface area contributed by atoms with Crippen molar-refractivity contribution in [2.45, 2.75) is 20.3 Å². The van der Waals surface area contributed by atoms with Gasteiger partial charge in [-0.3, -0.25) is 0 Å². The zero-order valence-corrected chi connectivity index (χ0v) is 18.8. The second-order valence-corrected chi connectivity index (χ2v) is 8.77. The Labute approximate surface area is 183 Å². The molecule has 0 aliphatic rings. The van der Waals surface area contributed by atoms with E-state index >= 15 is 0 Å². The predicted octanol–water partition coefficient (Wildman–Crippen LogP) is 6.55. The smallest absolute Gasteiger partial charge is 0.172 e. The molecular formula is C23H21BrN2O2S. The third-order valence-corrected chi connectivity index (χ3v) is 5.81. The molecule has 1 aromatic heterocycles.